The molecule has 1 rings (SSSR count). The van der Waals surface area contributed by atoms with Crippen LogP contribution in [0.2, 0.25) is 0 Å². The van der Waals surface area contributed by atoms with Crippen LogP contribution in [0.3, 0.4) is 0 Å². The van der Waals surface area contributed by atoms with Crippen molar-refractivity contribution in [1.29, 1.82) is 0 Å². The number of hydrogen-bond acceptors (Lipinski definition) is 2. The maximum atomic E-state index is 12.4. The van der Waals surface area contributed by atoms with E-state index in [1.54, 1.807) is 0 Å². The van der Waals surface area contributed by atoms with Gasteiger partial charge in [-0.1, -0.05) is 0 Å². The highest BCUT2D eigenvalue weighted by Crippen LogP contribution is 2.40. The Morgan fingerprint density at radius 2 is 1.60 bits per heavy atom. The number of aliphatic carboxylic acids is 1. The summed E-state index contributed by atoms with van der Waals surface area (Å²) in [4.78, 5) is 22.5. The highest BCUT2D eigenvalue weighted by molar-refractivity contribution is 5.81. The van der Waals surface area contributed by atoms with Gasteiger partial charge in [-0.05, 0) is 12.8 Å². The lowest BCUT2D eigenvalue weighted by Gasteiger charge is -2.34. The highest BCUT2D eigenvalue weighted by Gasteiger charge is 2.62. The zero-order valence-corrected chi connectivity index (χ0v) is 9.96. The van der Waals surface area contributed by atoms with E-state index in [0.29, 0.717) is 4.90 Å². The van der Waals surface area contributed by atoms with Crippen LogP contribution in [0.1, 0.15) is 12.8 Å². The lowest BCUT2D eigenvalue weighted by Crippen LogP contribution is -2.52. The monoisotopic (exact) mass is 307 g/mol. The highest BCUT2D eigenvalue weighted by atomic mass is 19.4. The smallest absolute Gasteiger partial charge is 0.409 e. The number of halogens is 6. The van der Waals surface area contributed by atoms with Crippen LogP contribution in [-0.4, -0.2) is 47.3 Å². The molecule has 0 aromatic rings. The Bertz CT molecular complexity index is 377. The molecule has 0 unspecified atom stereocenters. The van der Waals surface area contributed by atoms with Gasteiger partial charge in [-0.15, -0.1) is 0 Å². The van der Waals surface area contributed by atoms with Crippen molar-refractivity contribution >= 4 is 11.9 Å². The van der Waals surface area contributed by atoms with Crippen LogP contribution in [0.15, 0.2) is 0 Å². The van der Waals surface area contributed by atoms with Crippen molar-refractivity contribution in [2.24, 2.45) is 11.8 Å². The fraction of sp³-hybridized carbons (Fsp3) is 0.800. The average Bonchev–Trinajstić information content (AvgIpc) is 2.25. The van der Waals surface area contributed by atoms with Crippen LogP contribution in [0.25, 0.3) is 0 Å². The molecule has 4 nitrogen and oxygen atoms in total. The quantitative estimate of drug-likeness (QED) is 0.794. The van der Waals surface area contributed by atoms with E-state index in [2.05, 4.69) is 0 Å². The number of alkyl halides is 6. The second-order valence-electron chi connectivity index (χ2n) is 4.48. The van der Waals surface area contributed by atoms with Crippen molar-refractivity contribution in [3.8, 4) is 0 Å². The summed E-state index contributed by atoms with van der Waals surface area (Å²) in [6.45, 7) is -0.956. The van der Waals surface area contributed by atoms with Gasteiger partial charge in [0.1, 0.15) is 0 Å². The van der Waals surface area contributed by atoms with Gasteiger partial charge < -0.3 is 10.0 Å². The summed E-state index contributed by atoms with van der Waals surface area (Å²) in [5.41, 5.74) is 0. The Morgan fingerprint density at radius 1 is 1.10 bits per heavy atom. The van der Waals surface area contributed by atoms with E-state index >= 15 is 0 Å². The normalized spacial score (nSPS) is 21.1. The Labute approximate surface area is 109 Å². The molecule has 10 heteroatoms. The van der Waals surface area contributed by atoms with Gasteiger partial charge in [0.25, 0.3) is 0 Å². The molecule has 0 bridgehead atoms. The van der Waals surface area contributed by atoms with E-state index in [-0.39, 0.29) is 19.4 Å². The first-order valence-electron chi connectivity index (χ1n) is 5.59. The predicted molar refractivity (Wildman–Crippen MR) is 52.5 cm³/mol. The average molecular weight is 307 g/mol. The third kappa shape index (κ3) is 3.76. The Kier molecular flexibility index (Phi) is 4.55. The van der Waals surface area contributed by atoms with Gasteiger partial charge in [-0.25, -0.2) is 0 Å². The standard InChI is InChI=1S/C10H11F6NO3/c11-9(12,13)6(10(14,15)16)7(18)17-3-1-2-5(4-17)8(19)20/h5-6H,1-4H2,(H,19,20)/t5-/m0/s1. The first kappa shape index (κ1) is 16.6. The van der Waals surface area contributed by atoms with E-state index in [1.807, 2.05) is 0 Å². The molecule has 1 atom stereocenters. The maximum Gasteiger partial charge on any atom is 0.409 e. The predicted octanol–water partition coefficient (Wildman–Crippen LogP) is 2.05. The van der Waals surface area contributed by atoms with Crippen molar-refractivity contribution in [3.05, 3.63) is 0 Å². The van der Waals surface area contributed by atoms with Gasteiger partial charge >= 0.3 is 18.3 Å². The van der Waals surface area contributed by atoms with Crippen molar-refractivity contribution in [2.45, 2.75) is 25.2 Å². The molecule has 1 saturated heterocycles. The van der Waals surface area contributed by atoms with Crippen molar-refractivity contribution in [3.63, 3.8) is 0 Å². The second-order valence-corrected chi connectivity index (χ2v) is 4.48. The molecule has 0 spiro atoms. The van der Waals surface area contributed by atoms with Crippen LogP contribution in [0.5, 0.6) is 0 Å². The van der Waals surface area contributed by atoms with E-state index in [1.165, 1.54) is 0 Å². The molecule has 1 heterocycles. The number of piperidine rings is 1. The lowest BCUT2D eigenvalue weighted by molar-refractivity contribution is -0.277. The van der Waals surface area contributed by atoms with Crippen LogP contribution in [-0.2, 0) is 9.59 Å². The molecule has 116 valence electrons. The zero-order chi connectivity index (χ0) is 15.7. The van der Waals surface area contributed by atoms with Gasteiger partial charge in [0.15, 0.2) is 0 Å². The fourth-order valence-electron chi connectivity index (χ4n) is 2.03. The minimum Gasteiger partial charge on any atom is -0.481 e. The van der Waals surface area contributed by atoms with Crippen molar-refractivity contribution in [1.82, 2.24) is 4.90 Å². The van der Waals surface area contributed by atoms with Crippen LogP contribution in [0.4, 0.5) is 26.3 Å². The lowest BCUT2D eigenvalue weighted by atomic mass is 9.96. The molecule has 20 heavy (non-hydrogen) atoms. The van der Waals surface area contributed by atoms with Gasteiger partial charge in [-0.3, -0.25) is 9.59 Å². The number of carboxylic acid groups (broad SMARTS) is 1. The second kappa shape index (κ2) is 5.49. The van der Waals surface area contributed by atoms with Crippen LogP contribution >= 0.6 is 0 Å². The number of hydrogen-bond donors (Lipinski definition) is 1. The number of carbonyl (C=O) groups excluding carboxylic acids is 1. The molecule has 1 N–H and O–H groups in total. The SMILES string of the molecule is O=C(O)[C@H]1CCCN(C(=O)C(C(F)(F)F)C(F)(F)F)C1. The maximum absolute atomic E-state index is 12.4. The van der Waals surface area contributed by atoms with Gasteiger partial charge in [0.05, 0.1) is 5.92 Å². The van der Waals surface area contributed by atoms with E-state index in [0.717, 1.165) is 0 Å². The molecule has 0 aromatic heterocycles. The Hall–Kier alpha value is -1.48. The number of carbonyl (C=O) groups is 2. The molecule has 0 aromatic carbocycles. The zero-order valence-electron chi connectivity index (χ0n) is 9.96. The molecule has 0 aliphatic carbocycles. The van der Waals surface area contributed by atoms with Gasteiger partial charge in [0.2, 0.25) is 11.8 Å². The molecule has 1 aliphatic heterocycles. The first-order valence-corrected chi connectivity index (χ1v) is 5.59. The largest absolute Gasteiger partial charge is 0.481 e. The summed E-state index contributed by atoms with van der Waals surface area (Å²) in [5.74, 6) is -8.74. The third-order valence-corrected chi connectivity index (χ3v) is 2.98. The Morgan fingerprint density at radius 3 is 2.00 bits per heavy atom. The molecule has 1 amide bonds. The summed E-state index contributed by atoms with van der Waals surface area (Å²) < 4.78 is 74.4. The summed E-state index contributed by atoms with van der Waals surface area (Å²) in [6, 6.07) is 0. The molecule has 1 fully saturated rings. The summed E-state index contributed by atoms with van der Waals surface area (Å²) in [5, 5.41) is 8.71. The molecular weight excluding hydrogens is 296 g/mol. The van der Waals surface area contributed by atoms with Gasteiger partial charge in [0, 0.05) is 13.1 Å². The number of rotatable bonds is 2. The van der Waals surface area contributed by atoms with Gasteiger partial charge in [-0.2, -0.15) is 26.3 Å². The number of likely N-dealkylation sites (tertiary alicyclic amines) is 1. The fourth-order valence-corrected chi connectivity index (χ4v) is 2.03. The van der Waals surface area contributed by atoms with Crippen molar-refractivity contribution in [2.75, 3.05) is 13.1 Å². The van der Waals surface area contributed by atoms with Crippen LogP contribution < -0.4 is 0 Å². The molecule has 0 saturated carbocycles. The molecule has 0 radical (unpaired) electrons. The summed E-state index contributed by atoms with van der Waals surface area (Å²) >= 11 is 0. The number of carboxylic acids is 1. The third-order valence-electron chi connectivity index (χ3n) is 2.98. The summed E-state index contributed by atoms with van der Waals surface area (Å²) in [7, 11) is 0. The summed E-state index contributed by atoms with van der Waals surface area (Å²) in [6.07, 6.45) is -11.4. The first-order chi connectivity index (χ1) is 8.94. The van der Waals surface area contributed by atoms with E-state index in [9.17, 15) is 35.9 Å². The minimum absolute atomic E-state index is 0.0468. The molecule has 1 aliphatic rings. The van der Waals surface area contributed by atoms with Crippen molar-refractivity contribution < 1.29 is 41.0 Å². The Balaban J connectivity index is 2.93. The number of nitrogens with zero attached hydrogens (tertiary/aromatic N) is 1. The molecular formula is C10H11F6NO3. The van der Waals surface area contributed by atoms with Crippen LogP contribution in [0, 0.1) is 11.8 Å². The van der Waals surface area contributed by atoms with E-state index in [4.69, 9.17) is 5.11 Å². The topological polar surface area (TPSA) is 57.6 Å². The number of amides is 1. The minimum atomic E-state index is -5.76. The van der Waals surface area contributed by atoms with E-state index < -0.39 is 42.6 Å².